The van der Waals surface area contributed by atoms with E-state index in [1.165, 1.54) is 18.4 Å². The van der Waals surface area contributed by atoms with Crippen molar-refractivity contribution in [2.75, 3.05) is 18.4 Å². The van der Waals surface area contributed by atoms with Crippen LogP contribution in [-0.4, -0.2) is 29.0 Å². The molecule has 0 bridgehead atoms. The lowest BCUT2D eigenvalue weighted by molar-refractivity contribution is 0.269. The van der Waals surface area contributed by atoms with Crippen LogP contribution in [0.3, 0.4) is 0 Å². The Morgan fingerprint density at radius 3 is 2.88 bits per heavy atom. The van der Waals surface area contributed by atoms with Crippen molar-refractivity contribution in [1.29, 1.82) is 0 Å². The van der Waals surface area contributed by atoms with Crippen LogP contribution in [0.1, 0.15) is 32.3 Å². The van der Waals surface area contributed by atoms with Crippen LogP contribution in [0.2, 0.25) is 0 Å². The van der Waals surface area contributed by atoms with Crippen LogP contribution in [0.4, 0.5) is 5.82 Å². The summed E-state index contributed by atoms with van der Waals surface area (Å²) in [6, 6.07) is 5.02. The van der Waals surface area contributed by atoms with Crippen LogP contribution < -0.4 is 5.32 Å². The average molecular weight is 219 g/mol. The molecule has 1 aromatic rings. The molecule has 1 aliphatic carbocycles. The molecular weight excluding hydrogens is 198 g/mol. The molecule has 0 radical (unpaired) electrons. The number of rotatable bonds is 6. The SMILES string of the molecule is CCNc1ncccc1CN(CC)C1CC1. The minimum atomic E-state index is 0.819. The fraction of sp³-hybridized carbons (Fsp3) is 0.615. The van der Waals surface area contributed by atoms with Gasteiger partial charge in [0.15, 0.2) is 0 Å². The van der Waals surface area contributed by atoms with E-state index >= 15 is 0 Å². The van der Waals surface area contributed by atoms with E-state index in [1.54, 1.807) is 0 Å². The van der Waals surface area contributed by atoms with Crippen LogP contribution in [0, 0.1) is 0 Å². The lowest BCUT2D eigenvalue weighted by Crippen LogP contribution is -2.25. The Morgan fingerprint density at radius 1 is 1.44 bits per heavy atom. The largest absolute Gasteiger partial charge is 0.370 e. The quantitative estimate of drug-likeness (QED) is 0.796. The topological polar surface area (TPSA) is 28.2 Å². The molecule has 3 nitrogen and oxygen atoms in total. The minimum Gasteiger partial charge on any atom is -0.370 e. The van der Waals surface area contributed by atoms with Gasteiger partial charge in [-0.15, -0.1) is 0 Å². The summed E-state index contributed by atoms with van der Waals surface area (Å²) in [5, 5.41) is 3.33. The maximum atomic E-state index is 4.40. The van der Waals surface area contributed by atoms with E-state index in [1.807, 2.05) is 12.3 Å². The van der Waals surface area contributed by atoms with Gasteiger partial charge in [0.2, 0.25) is 0 Å². The number of pyridine rings is 1. The standard InChI is InChI=1S/C13H21N3/c1-3-14-13-11(6-5-9-15-13)10-16(4-2)12-7-8-12/h5-6,9,12H,3-4,7-8,10H2,1-2H3,(H,14,15). The van der Waals surface area contributed by atoms with Gasteiger partial charge in [-0.25, -0.2) is 4.98 Å². The van der Waals surface area contributed by atoms with E-state index in [0.717, 1.165) is 31.5 Å². The summed E-state index contributed by atoms with van der Waals surface area (Å²) >= 11 is 0. The van der Waals surface area contributed by atoms with Crippen molar-refractivity contribution in [3.05, 3.63) is 23.9 Å². The Hall–Kier alpha value is -1.09. The molecule has 16 heavy (non-hydrogen) atoms. The van der Waals surface area contributed by atoms with Gasteiger partial charge < -0.3 is 5.32 Å². The van der Waals surface area contributed by atoms with Gasteiger partial charge in [-0.1, -0.05) is 13.0 Å². The maximum absolute atomic E-state index is 4.40. The molecule has 0 unspecified atom stereocenters. The molecule has 3 heteroatoms. The summed E-state index contributed by atoms with van der Waals surface area (Å²) in [4.78, 5) is 6.94. The summed E-state index contributed by atoms with van der Waals surface area (Å²) in [5.41, 5.74) is 1.32. The van der Waals surface area contributed by atoms with Crippen molar-refractivity contribution < 1.29 is 0 Å². The normalized spacial score (nSPS) is 15.4. The number of hydrogen-bond donors (Lipinski definition) is 1. The van der Waals surface area contributed by atoms with Crippen molar-refractivity contribution >= 4 is 5.82 Å². The molecule has 0 amide bonds. The lowest BCUT2D eigenvalue weighted by Gasteiger charge is -2.21. The molecular formula is C13H21N3. The number of nitrogens with one attached hydrogen (secondary N) is 1. The summed E-state index contributed by atoms with van der Waals surface area (Å²) in [5.74, 6) is 1.05. The van der Waals surface area contributed by atoms with Crippen molar-refractivity contribution in [2.45, 2.75) is 39.3 Å². The molecule has 0 spiro atoms. The first-order valence-corrected chi connectivity index (χ1v) is 6.27. The van der Waals surface area contributed by atoms with E-state index in [-0.39, 0.29) is 0 Å². The van der Waals surface area contributed by atoms with Gasteiger partial charge in [0.05, 0.1) is 0 Å². The predicted octanol–water partition coefficient (Wildman–Crippen LogP) is 2.50. The van der Waals surface area contributed by atoms with Crippen LogP contribution in [0.25, 0.3) is 0 Å². The Kier molecular flexibility index (Phi) is 3.78. The number of anilines is 1. The number of nitrogens with zero attached hydrogens (tertiary/aromatic N) is 2. The zero-order valence-electron chi connectivity index (χ0n) is 10.2. The highest BCUT2D eigenvalue weighted by molar-refractivity contribution is 5.43. The third-order valence-electron chi connectivity index (χ3n) is 3.08. The van der Waals surface area contributed by atoms with Gasteiger partial charge in [0.25, 0.3) is 0 Å². The van der Waals surface area contributed by atoms with Crippen molar-refractivity contribution in [1.82, 2.24) is 9.88 Å². The molecule has 1 fully saturated rings. The number of aromatic nitrogens is 1. The molecule has 1 N–H and O–H groups in total. The van der Waals surface area contributed by atoms with Gasteiger partial charge in [0, 0.05) is 30.9 Å². The van der Waals surface area contributed by atoms with E-state index in [2.05, 4.69) is 35.1 Å². The Morgan fingerprint density at radius 2 is 2.25 bits per heavy atom. The summed E-state index contributed by atoms with van der Waals surface area (Å²) < 4.78 is 0. The highest BCUT2D eigenvalue weighted by Crippen LogP contribution is 2.28. The molecule has 0 saturated heterocycles. The second-order valence-electron chi connectivity index (χ2n) is 4.34. The molecule has 1 heterocycles. The van der Waals surface area contributed by atoms with Crippen LogP contribution in [0.15, 0.2) is 18.3 Å². The van der Waals surface area contributed by atoms with E-state index < -0.39 is 0 Å². The first-order chi connectivity index (χ1) is 7.85. The Labute approximate surface area is 97.9 Å². The number of hydrogen-bond acceptors (Lipinski definition) is 3. The van der Waals surface area contributed by atoms with Gasteiger partial charge in [-0.05, 0) is 32.4 Å². The van der Waals surface area contributed by atoms with Crippen molar-refractivity contribution in [3.63, 3.8) is 0 Å². The second-order valence-corrected chi connectivity index (χ2v) is 4.34. The fourth-order valence-corrected chi connectivity index (χ4v) is 2.05. The zero-order chi connectivity index (χ0) is 11.4. The van der Waals surface area contributed by atoms with Crippen LogP contribution in [0.5, 0.6) is 0 Å². The van der Waals surface area contributed by atoms with E-state index in [4.69, 9.17) is 0 Å². The Balaban J connectivity index is 2.06. The van der Waals surface area contributed by atoms with Gasteiger partial charge in [-0.3, -0.25) is 4.90 Å². The van der Waals surface area contributed by atoms with Crippen molar-refractivity contribution in [2.24, 2.45) is 0 Å². The molecule has 1 aromatic heterocycles. The highest BCUT2D eigenvalue weighted by atomic mass is 15.2. The maximum Gasteiger partial charge on any atom is 0.130 e. The van der Waals surface area contributed by atoms with Gasteiger partial charge >= 0.3 is 0 Å². The van der Waals surface area contributed by atoms with E-state index in [0.29, 0.717) is 0 Å². The third-order valence-corrected chi connectivity index (χ3v) is 3.08. The molecule has 1 aliphatic rings. The second kappa shape index (κ2) is 5.30. The minimum absolute atomic E-state index is 0.819. The molecule has 1 saturated carbocycles. The van der Waals surface area contributed by atoms with Crippen LogP contribution in [-0.2, 0) is 6.54 Å². The Bertz CT molecular complexity index is 334. The third kappa shape index (κ3) is 2.73. The van der Waals surface area contributed by atoms with Gasteiger partial charge in [-0.2, -0.15) is 0 Å². The van der Waals surface area contributed by atoms with Crippen LogP contribution >= 0.6 is 0 Å². The van der Waals surface area contributed by atoms with Crippen molar-refractivity contribution in [3.8, 4) is 0 Å². The first-order valence-electron chi connectivity index (χ1n) is 6.27. The molecule has 0 atom stereocenters. The lowest BCUT2D eigenvalue weighted by atomic mass is 10.2. The summed E-state index contributed by atoms with van der Waals surface area (Å²) in [7, 11) is 0. The molecule has 2 rings (SSSR count). The monoisotopic (exact) mass is 219 g/mol. The smallest absolute Gasteiger partial charge is 0.130 e. The molecule has 0 aliphatic heterocycles. The molecule has 0 aromatic carbocycles. The predicted molar refractivity (Wildman–Crippen MR) is 67.5 cm³/mol. The fourth-order valence-electron chi connectivity index (χ4n) is 2.05. The molecule has 88 valence electrons. The highest BCUT2D eigenvalue weighted by Gasteiger charge is 2.28. The van der Waals surface area contributed by atoms with Gasteiger partial charge in [0.1, 0.15) is 5.82 Å². The first kappa shape index (κ1) is 11.4. The summed E-state index contributed by atoms with van der Waals surface area (Å²) in [6.07, 6.45) is 4.59. The average Bonchev–Trinajstić information content (AvgIpc) is 3.12. The zero-order valence-corrected chi connectivity index (χ0v) is 10.2. The van der Waals surface area contributed by atoms with E-state index in [9.17, 15) is 0 Å². The summed E-state index contributed by atoms with van der Waals surface area (Å²) in [6.45, 7) is 7.43.